The highest BCUT2D eigenvalue weighted by molar-refractivity contribution is 5.33. The lowest BCUT2D eigenvalue weighted by Gasteiger charge is -2.37. The first-order valence-electron chi connectivity index (χ1n) is 6.62. The van der Waals surface area contributed by atoms with E-state index >= 15 is 0 Å². The van der Waals surface area contributed by atoms with Crippen LogP contribution in [-0.4, -0.2) is 10.1 Å². The van der Waals surface area contributed by atoms with Crippen LogP contribution in [0.4, 0.5) is 0 Å². The van der Waals surface area contributed by atoms with Crippen LogP contribution in [-0.2, 0) is 12.2 Å². The Hall–Kier alpha value is -1.87. The van der Waals surface area contributed by atoms with E-state index < -0.39 is 5.60 Å². The van der Waals surface area contributed by atoms with Crippen LogP contribution in [0, 0.1) is 0 Å². The Morgan fingerprint density at radius 2 is 1.89 bits per heavy atom. The minimum absolute atomic E-state index is 0.473. The van der Waals surface area contributed by atoms with Gasteiger partial charge in [-0.3, -0.25) is 0 Å². The summed E-state index contributed by atoms with van der Waals surface area (Å²) in [5.41, 5.74) is 1.18. The molecule has 0 spiro atoms. The predicted molar refractivity (Wildman–Crippen MR) is 72.8 cm³/mol. The summed E-state index contributed by atoms with van der Waals surface area (Å²) in [6.07, 6.45) is 4.34. The third-order valence-electron chi connectivity index (χ3n) is 3.67. The summed E-state index contributed by atoms with van der Waals surface area (Å²) in [5.74, 6) is 0.550. The first kappa shape index (κ1) is 12.2. The average molecular weight is 255 g/mol. The van der Waals surface area contributed by atoms with Crippen LogP contribution in [0.25, 0.3) is 0 Å². The Balaban J connectivity index is 1.78. The maximum atomic E-state index is 10.4. The monoisotopic (exact) mass is 255 g/mol. The van der Waals surface area contributed by atoms with E-state index in [4.69, 9.17) is 4.74 Å². The SMILES string of the molecule is OC1(c2cccnc2OCc2ccccc2)CCC1. The van der Waals surface area contributed by atoms with Crippen LogP contribution in [0.3, 0.4) is 0 Å². The Bertz CT molecular complexity index is 550. The van der Waals surface area contributed by atoms with Crippen molar-refractivity contribution in [3.63, 3.8) is 0 Å². The van der Waals surface area contributed by atoms with Crippen molar-refractivity contribution in [1.82, 2.24) is 4.98 Å². The van der Waals surface area contributed by atoms with Gasteiger partial charge in [0.05, 0.1) is 5.60 Å². The fourth-order valence-electron chi connectivity index (χ4n) is 2.37. The average Bonchev–Trinajstić information content (AvgIpc) is 2.44. The summed E-state index contributed by atoms with van der Waals surface area (Å²) in [6.45, 7) is 0.473. The topological polar surface area (TPSA) is 42.4 Å². The largest absolute Gasteiger partial charge is 0.473 e. The molecule has 0 amide bonds. The van der Waals surface area contributed by atoms with Crippen molar-refractivity contribution in [2.75, 3.05) is 0 Å². The van der Waals surface area contributed by atoms with E-state index in [1.54, 1.807) is 6.20 Å². The lowest BCUT2D eigenvalue weighted by molar-refractivity contribution is -0.0414. The Morgan fingerprint density at radius 1 is 1.11 bits per heavy atom. The number of hydrogen-bond acceptors (Lipinski definition) is 3. The standard InChI is InChI=1S/C16H17NO2/c18-16(9-5-10-16)14-8-4-11-17-15(14)19-12-13-6-2-1-3-7-13/h1-4,6-8,11,18H,5,9-10,12H2. The number of rotatable bonds is 4. The van der Waals surface area contributed by atoms with Crippen LogP contribution in [0.15, 0.2) is 48.7 Å². The van der Waals surface area contributed by atoms with Crippen molar-refractivity contribution in [3.8, 4) is 5.88 Å². The Morgan fingerprint density at radius 3 is 2.58 bits per heavy atom. The van der Waals surface area contributed by atoms with Gasteiger partial charge in [0.1, 0.15) is 6.61 Å². The van der Waals surface area contributed by atoms with Gasteiger partial charge in [-0.05, 0) is 37.0 Å². The van der Waals surface area contributed by atoms with Crippen LogP contribution < -0.4 is 4.74 Å². The molecule has 0 bridgehead atoms. The molecule has 0 radical (unpaired) electrons. The summed E-state index contributed by atoms with van der Waals surface area (Å²) < 4.78 is 5.77. The van der Waals surface area contributed by atoms with Gasteiger partial charge in [-0.1, -0.05) is 30.3 Å². The molecule has 1 saturated carbocycles. The van der Waals surface area contributed by atoms with Crippen molar-refractivity contribution in [2.24, 2.45) is 0 Å². The second kappa shape index (κ2) is 5.02. The number of aliphatic hydroxyl groups is 1. The number of ether oxygens (including phenoxy) is 1. The van der Waals surface area contributed by atoms with Gasteiger partial charge in [0, 0.05) is 11.8 Å². The first-order chi connectivity index (χ1) is 9.28. The molecule has 0 saturated heterocycles. The molecule has 3 nitrogen and oxygen atoms in total. The first-order valence-corrected chi connectivity index (χ1v) is 6.62. The predicted octanol–water partition coefficient (Wildman–Crippen LogP) is 3.03. The molecular weight excluding hydrogens is 238 g/mol. The highest BCUT2D eigenvalue weighted by Gasteiger charge is 2.39. The lowest BCUT2D eigenvalue weighted by atomic mass is 9.75. The molecule has 3 heteroatoms. The maximum Gasteiger partial charge on any atom is 0.219 e. The summed E-state index contributed by atoms with van der Waals surface area (Å²) in [4.78, 5) is 4.26. The van der Waals surface area contributed by atoms with Crippen LogP contribution in [0.2, 0.25) is 0 Å². The molecule has 19 heavy (non-hydrogen) atoms. The van der Waals surface area contributed by atoms with Gasteiger partial charge < -0.3 is 9.84 Å². The van der Waals surface area contributed by atoms with E-state index in [1.807, 2.05) is 42.5 Å². The zero-order valence-corrected chi connectivity index (χ0v) is 10.7. The molecule has 0 aliphatic heterocycles. The molecule has 2 aromatic rings. The third-order valence-corrected chi connectivity index (χ3v) is 3.67. The molecule has 1 aliphatic rings. The van der Waals surface area contributed by atoms with E-state index in [-0.39, 0.29) is 0 Å². The zero-order valence-electron chi connectivity index (χ0n) is 10.7. The molecular formula is C16H17NO2. The minimum Gasteiger partial charge on any atom is -0.473 e. The van der Waals surface area contributed by atoms with Crippen molar-refractivity contribution in [1.29, 1.82) is 0 Å². The van der Waals surface area contributed by atoms with Gasteiger partial charge in [0.15, 0.2) is 0 Å². The normalized spacial score (nSPS) is 16.7. The second-order valence-electron chi connectivity index (χ2n) is 5.02. The number of benzene rings is 1. The summed E-state index contributed by atoms with van der Waals surface area (Å²) in [7, 11) is 0. The fraction of sp³-hybridized carbons (Fsp3) is 0.312. The molecule has 1 aliphatic carbocycles. The van der Waals surface area contributed by atoms with Crippen LogP contribution in [0.5, 0.6) is 5.88 Å². The zero-order chi connectivity index (χ0) is 13.1. The van der Waals surface area contributed by atoms with E-state index in [0.29, 0.717) is 12.5 Å². The van der Waals surface area contributed by atoms with Gasteiger partial charge in [-0.2, -0.15) is 0 Å². The number of nitrogens with zero attached hydrogens (tertiary/aromatic N) is 1. The molecule has 0 unspecified atom stereocenters. The Labute approximate surface area is 112 Å². The fourth-order valence-corrected chi connectivity index (χ4v) is 2.37. The lowest BCUT2D eigenvalue weighted by Crippen LogP contribution is -2.34. The van der Waals surface area contributed by atoms with Crippen molar-refractivity contribution in [3.05, 3.63) is 59.8 Å². The number of hydrogen-bond donors (Lipinski definition) is 1. The maximum absolute atomic E-state index is 10.4. The van der Waals surface area contributed by atoms with Gasteiger partial charge in [-0.25, -0.2) is 4.98 Å². The van der Waals surface area contributed by atoms with E-state index in [0.717, 1.165) is 30.4 Å². The third kappa shape index (κ3) is 2.47. The molecule has 1 aromatic heterocycles. The van der Waals surface area contributed by atoms with Crippen LogP contribution >= 0.6 is 0 Å². The van der Waals surface area contributed by atoms with Crippen LogP contribution in [0.1, 0.15) is 30.4 Å². The highest BCUT2D eigenvalue weighted by atomic mass is 16.5. The number of aromatic nitrogens is 1. The summed E-state index contributed by atoms with van der Waals surface area (Å²) in [5, 5.41) is 10.4. The van der Waals surface area contributed by atoms with Crippen molar-refractivity contribution < 1.29 is 9.84 Å². The van der Waals surface area contributed by atoms with Crippen molar-refractivity contribution in [2.45, 2.75) is 31.5 Å². The van der Waals surface area contributed by atoms with Gasteiger partial charge in [0.25, 0.3) is 0 Å². The molecule has 98 valence electrons. The molecule has 3 rings (SSSR count). The highest BCUT2D eigenvalue weighted by Crippen LogP contribution is 2.44. The summed E-state index contributed by atoms with van der Waals surface area (Å²) in [6, 6.07) is 13.7. The van der Waals surface area contributed by atoms with Gasteiger partial charge >= 0.3 is 0 Å². The Kier molecular flexibility index (Phi) is 3.22. The minimum atomic E-state index is -0.736. The molecule has 1 N–H and O–H groups in total. The van der Waals surface area contributed by atoms with Gasteiger partial charge in [-0.15, -0.1) is 0 Å². The molecule has 1 heterocycles. The molecule has 1 aromatic carbocycles. The molecule has 1 fully saturated rings. The quantitative estimate of drug-likeness (QED) is 0.913. The second-order valence-corrected chi connectivity index (χ2v) is 5.02. The summed E-state index contributed by atoms with van der Waals surface area (Å²) >= 11 is 0. The van der Waals surface area contributed by atoms with E-state index in [9.17, 15) is 5.11 Å². The van der Waals surface area contributed by atoms with Gasteiger partial charge in [0.2, 0.25) is 5.88 Å². The van der Waals surface area contributed by atoms with E-state index in [2.05, 4.69) is 4.98 Å². The smallest absolute Gasteiger partial charge is 0.219 e. The van der Waals surface area contributed by atoms with Crippen molar-refractivity contribution >= 4 is 0 Å². The number of pyridine rings is 1. The molecule has 0 atom stereocenters. The van der Waals surface area contributed by atoms with E-state index in [1.165, 1.54) is 0 Å².